The Morgan fingerprint density at radius 3 is 2.91 bits per heavy atom. The Balaban J connectivity index is 1.84. The van der Waals surface area contributed by atoms with Crippen LogP contribution in [0.2, 0.25) is 0 Å². The largest absolute Gasteiger partial charge is 0.324 e. The van der Waals surface area contributed by atoms with Crippen LogP contribution in [0.25, 0.3) is 10.2 Å². The molecule has 0 bridgehead atoms. The highest BCUT2D eigenvalue weighted by molar-refractivity contribution is 9.10. The van der Waals surface area contributed by atoms with Gasteiger partial charge in [-0.2, -0.15) is 0 Å². The molecule has 0 spiro atoms. The minimum absolute atomic E-state index is 0.0690. The third-order valence-electron chi connectivity index (χ3n) is 3.38. The number of halogens is 1. The molecule has 118 valence electrons. The summed E-state index contributed by atoms with van der Waals surface area (Å²) in [6, 6.07) is 9.19. The molecule has 0 atom stereocenters. The van der Waals surface area contributed by atoms with Crippen LogP contribution in [0.15, 0.2) is 45.9 Å². The highest BCUT2D eigenvalue weighted by Gasteiger charge is 2.11. The molecular formula is C16H14BrN3O2S. The van der Waals surface area contributed by atoms with Crippen LogP contribution < -0.4 is 10.9 Å². The predicted molar refractivity (Wildman–Crippen MR) is 96.0 cm³/mol. The zero-order valence-corrected chi connectivity index (χ0v) is 14.8. The molecule has 1 N–H and O–H groups in total. The van der Waals surface area contributed by atoms with Crippen LogP contribution in [0.4, 0.5) is 5.69 Å². The van der Waals surface area contributed by atoms with E-state index < -0.39 is 0 Å². The molecule has 3 aromatic rings. The molecule has 0 fully saturated rings. The van der Waals surface area contributed by atoms with E-state index in [1.807, 2.05) is 31.2 Å². The second-order valence-corrected chi connectivity index (χ2v) is 6.96. The number of thiophene rings is 1. The molecule has 1 aromatic carbocycles. The Morgan fingerprint density at radius 2 is 2.17 bits per heavy atom. The summed E-state index contributed by atoms with van der Waals surface area (Å²) in [5, 5.41) is 3.35. The summed E-state index contributed by atoms with van der Waals surface area (Å²) in [5.41, 5.74) is 0.483. The number of aromatic nitrogens is 2. The average molecular weight is 392 g/mol. The highest BCUT2D eigenvalue weighted by atomic mass is 79.9. The Labute approximate surface area is 145 Å². The van der Waals surface area contributed by atoms with Crippen LogP contribution in [0.3, 0.4) is 0 Å². The van der Waals surface area contributed by atoms with E-state index in [9.17, 15) is 9.59 Å². The van der Waals surface area contributed by atoms with Gasteiger partial charge in [0.2, 0.25) is 5.91 Å². The standard InChI is InChI=1S/C16H14BrN3O2S/c1-2-10-7-11-15(23-10)18-9-20(16(11)22)8-14(21)19-13-6-4-3-5-12(13)17/h3-7,9H,2,8H2,1H3,(H,19,21). The van der Waals surface area contributed by atoms with E-state index >= 15 is 0 Å². The number of rotatable bonds is 4. The van der Waals surface area contributed by atoms with Gasteiger partial charge in [0, 0.05) is 9.35 Å². The van der Waals surface area contributed by atoms with E-state index in [0.717, 1.165) is 15.8 Å². The minimum Gasteiger partial charge on any atom is -0.324 e. The molecular weight excluding hydrogens is 378 g/mol. The number of carbonyl (C=O) groups is 1. The number of para-hydroxylation sites is 1. The summed E-state index contributed by atoms with van der Waals surface area (Å²) in [6.45, 7) is 1.97. The van der Waals surface area contributed by atoms with Gasteiger partial charge in [-0.3, -0.25) is 14.2 Å². The molecule has 2 aromatic heterocycles. The number of anilines is 1. The first-order valence-electron chi connectivity index (χ1n) is 7.10. The van der Waals surface area contributed by atoms with E-state index in [1.54, 1.807) is 6.07 Å². The highest BCUT2D eigenvalue weighted by Crippen LogP contribution is 2.22. The molecule has 0 unspecified atom stereocenters. The topological polar surface area (TPSA) is 64.0 Å². The third-order valence-corrected chi connectivity index (χ3v) is 5.26. The van der Waals surface area contributed by atoms with Crippen molar-refractivity contribution in [3.63, 3.8) is 0 Å². The molecule has 0 aliphatic heterocycles. The summed E-state index contributed by atoms with van der Waals surface area (Å²) < 4.78 is 2.13. The number of hydrogen-bond donors (Lipinski definition) is 1. The van der Waals surface area contributed by atoms with Crippen LogP contribution in [0, 0.1) is 0 Å². The van der Waals surface area contributed by atoms with Crippen LogP contribution >= 0.6 is 27.3 Å². The Bertz CT molecular complexity index is 932. The molecule has 5 nitrogen and oxygen atoms in total. The summed E-state index contributed by atoms with van der Waals surface area (Å²) >= 11 is 4.89. The second-order valence-electron chi connectivity index (χ2n) is 4.99. The zero-order chi connectivity index (χ0) is 16.4. The van der Waals surface area contributed by atoms with Crippen molar-refractivity contribution in [1.29, 1.82) is 0 Å². The SMILES string of the molecule is CCc1cc2c(=O)n(CC(=O)Nc3ccccc3Br)cnc2s1. The van der Waals surface area contributed by atoms with E-state index in [2.05, 4.69) is 26.2 Å². The fourth-order valence-corrected chi connectivity index (χ4v) is 3.51. The number of hydrogen-bond acceptors (Lipinski definition) is 4. The number of carbonyl (C=O) groups excluding carboxylic acids is 1. The maximum absolute atomic E-state index is 12.5. The monoisotopic (exact) mass is 391 g/mol. The quantitative estimate of drug-likeness (QED) is 0.740. The summed E-state index contributed by atoms with van der Waals surface area (Å²) in [6.07, 6.45) is 2.29. The van der Waals surface area contributed by atoms with E-state index in [1.165, 1.54) is 22.2 Å². The Kier molecular flexibility index (Phi) is 4.58. The number of benzene rings is 1. The van der Waals surface area contributed by atoms with Gasteiger partial charge >= 0.3 is 0 Å². The van der Waals surface area contributed by atoms with Crippen molar-refractivity contribution in [3.8, 4) is 0 Å². The van der Waals surface area contributed by atoms with Crippen molar-refractivity contribution < 1.29 is 4.79 Å². The molecule has 0 saturated carbocycles. The van der Waals surface area contributed by atoms with Crippen molar-refractivity contribution in [2.45, 2.75) is 19.9 Å². The third kappa shape index (κ3) is 3.35. The van der Waals surface area contributed by atoms with Gasteiger partial charge in [-0.05, 0) is 40.5 Å². The summed E-state index contributed by atoms with van der Waals surface area (Å²) in [7, 11) is 0. The van der Waals surface area contributed by atoms with E-state index in [4.69, 9.17) is 0 Å². The Hall–Kier alpha value is -1.99. The smallest absolute Gasteiger partial charge is 0.262 e. The van der Waals surface area contributed by atoms with Crippen molar-refractivity contribution in [2.75, 3.05) is 5.32 Å². The van der Waals surface area contributed by atoms with Gasteiger partial charge in [-0.25, -0.2) is 4.98 Å². The zero-order valence-electron chi connectivity index (χ0n) is 12.4. The molecule has 7 heteroatoms. The lowest BCUT2D eigenvalue weighted by Crippen LogP contribution is -2.27. The average Bonchev–Trinajstić information content (AvgIpc) is 2.96. The lowest BCUT2D eigenvalue weighted by Gasteiger charge is -2.08. The number of nitrogens with zero attached hydrogens (tertiary/aromatic N) is 2. The maximum Gasteiger partial charge on any atom is 0.262 e. The lowest BCUT2D eigenvalue weighted by molar-refractivity contribution is -0.116. The lowest BCUT2D eigenvalue weighted by atomic mass is 10.3. The first kappa shape index (κ1) is 15.9. The molecule has 0 aliphatic rings. The molecule has 3 rings (SSSR count). The number of amides is 1. The van der Waals surface area contributed by atoms with Gasteiger partial charge in [-0.15, -0.1) is 11.3 Å². The molecule has 0 saturated heterocycles. The first-order valence-corrected chi connectivity index (χ1v) is 8.71. The van der Waals surface area contributed by atoms with Crippen LogP contribution in [-0.4, -0.2) is 15.5 Å². The van der Waals surface area contributed by atoms with Gasteiger partial charge in [0.25, 0.3) is 5.56 Å². The minimum atomic E-state index is -0.272. The van der Waals surface area contributed by atoms with Gasteiger partial charge in [0.05, 0.1) is 17.4 Å². The molecule has 0 aliphatic carbocycles. The number of aryl methyl sites for hydroxylation is 1. The fourth-order valence-electron chi connectivity index (χ4n) is 2.20. The van der Waals surface area contributed by atoms with Crippen molar-refractivity contribution in [2.24, 2.45) is 0 Å². The van der Waals surface area contributed by atoms with Crippen molar-refractivity contribution in [3.05, 3.63) is 56.4 Å². The fraction of sp³-hybridized carbons (Fsp3) is 0.188. The van der Waals surface area contributed by atoms with E-state index in [-0.39, 0.29) is 18.0 Å². The first-order chi connectivity index (χ1) is 11.1. The molecule has 23 heavy (non-hydrogen) atoms. The van der Waals surface area contributed by atoms with Crippen molar-refractivity contribution >= 4 is 49.1 Å². The van der Waals surface area contributed by atoms with Gasteiger partial charge in [0.1, 0.15) is 11.4 Å². The van der Waals surface area contributed by atoms with Crippen molar-refractivity contribution in [1.82, 2.24) is 9.55 Å². The van der Waals surface area contributed by atoms with Gasteiger partial charge in [0.15, 0.2) is 0 Å². The van der Waals surface area contributed by atoms with E-state index in [0.29, 0.717) is 15.9 Å². The molecule has 0 radical (unpaired) electrons. The summed E-state index contributed by atoms with van der Waals surface area (Å²) in [5.74, 6) is -0.272. The number of nitrogens with one attached hydrogen (secondary N) is 1. The molecule has 2 heterocycles. The maximum atomic E-state index is 12.5. The van der Waals surface area contributed by atoms with Crippen LogP contribution in [-0.2, 0) is 17.8 Å². The van der Waals surface area contributed by atoms with Gasteiger partial charge in [-0.1, -0.05) is 19.1 Å². The van der Waals surface area contributed by atoms with Crippen LogP contribution in [0.1, 0.15) is 11.8 Å². The van der Waals surface area contributed by atoms with Crippen LogP contribution in [0.5, 0.6) is 0 Å². The predicted octanol–water partition coefficient (Wildman–Crippen LogP) is 3.42. The normalized spacial score (nSPS) is 10.9. The van der Waals surface area contributed by atoms with Gasteiger partial charge < -0.3 is 5.32 Å². The summed E-state index contributed by atoms with van der Waals surface area (Å²) in [4.78, 5) is 30.7. The number of fused-ring (bicyclic) bond motifs is 1. The second kappa shape index (κ2) is 6.64. The Morgan fingerprint density at radius 1 is 1.39 bits per heavy atom. The molecule has 1 amide bonds.